The number of hydrogen-bond donors (Lipinski definition) is 4. The molecule has 0 aliphatic carbocycles. The summed E-state index contributed by atoms with van der Waals surface area (Å²) in [5.41, 5.74) is 0.228. The molecule has 0 atom stereocenters. The average molecular weight is 309 g/mol. The molecule has 0 unspecified atom stereocenters. The fourth-order valence-corrected chi connectivity index (χ4v) is 2.39. The van der Waals surface area contributed by atoms with Crippen LogP contribution in [0.2, 0.25) is 0 Å². The van der Waals surface area contributed by atoms with Crippen LogP contribution in [0.1, 0.15) is 25.0 Å². The van der Waals surface area contributed by atoms with Gasteiger partial charge in [-0.3, -0.25) is 0 Å². The molecule has 0 bridgehead atoms. The topological polar surface area (TPSA) is 114 Å². The highest BCUT2D eigenvalue weighted by atomic mass is 16.5. The smallest absolute Gasteiger partial charge is 0.336 e. The van der Waals surface area contributed by atoms with Crippen LogP contribution < -0.4 is 5.63 Å². The zero-order chi connectivity index (χ0) is 16.7. The fraction of sp³-hybridized carbons (Fsp3) is 0.400. The second-order valence-electron chi connectivity index (χ2n) is 5.33. The molecule has 0 saturated carbocycles. The van der Waals surface area contributed by atoms with E-state index in [-0.39, 0.29) is 30.0 Å². The van der Waals surface area contributed by atoms with Crippen LogP contribution in [0.5, 0.6) is 11.5 Å². The third-order valence-corrected chi connectivity index (χ3v) is 3.62. The molecule has 2 rings (SSSR count). The zero-order valence-electron chi connectivity index (χ0n) is 12.6. The fourth-order valence-electron chi connectivity index (χ4n) is 2.39. The van der Waals surface area contributed by atoms with E-state index in [1.54, 1.807) is 13.8 Å². The van der Waals surface area contributed by atoms with Gasteiger partial charge in [-0.25, -0.2) is 9.69 Å². The highest BCUT2D eigenvalue weighted by Crippen LogP contribution is 2.37. The Bertz CT molecular complexity index is 759. The van der Waals surface area contributed by atoms with Gasteiger partial charge in [-0.15, -0.1) is 0 Å². The number of aliphatic hydroxyl groups is 2. The van der Waals surface area contributed by atoms with Crippen LogP contribution in [0.3, 0.4) is 0 Å². The number of rotatable bonds is 4. The highest BCUT2D eigenvalue weighted by molar-refractivity contribution is 5.87. The van der Waals surface area contributed by atoms with E-state index in [4.69, 9.17) is 4.42 Å². The highest BCUT2D eigenvalue weighted by Gasteiger charge is 2.27. The first kappa shape index (κ1) is 16.3. The summed E-state index contributed by atoms with van der Waals surface area (Å²) >= 11 is 0. The second kappa shape index (κ2) is 5.60. The van der Waals surface area contributed by atoms with Gasteiger partial charge >= 0.3 is 5.63 Å². The van der Waals surface area contributed by atoms with Crippen LogP contribution in [0.15, 0.2) is 21.3 Å². The Hall–Kier alpha value is -2.09. The van der Waals surface area contributed by atoms with E-state index in [2.05, 4.69) is 0 Å². The molecule has 0 fully saturated rings. The van der Waals surface area contributed by atoms with Crippen LogP contribution in [0.25, 0.3) is 11.0 Å². The molecule has 7 heteroatoms. The van der Waals surface area contributed by atoms with Gasteiger partial charge in [0.05, 0.1) is 5.56 Å². The van der Waals surface area contributed by atoms with Crippen molar-refractivity contribution in [1.82, 2.24) is 4.90 Å². The minimum absolute atomic E-state index is 0.114. The molecule has 0 amide bonds. The molecule has 0 saturated heterocycles. The Balaban J connectivity index is 2.71. The lowest BCUT2D eigenvalue weighted by molar-refractivity contribution is -0.252. The summed E-state index contributed by atoms with van der Waals surface area (Å²) in [6, 6.07) is 2.59. The number of nitrogens with zero attached hydrogens (tertiary/aromatic N) is 1. The number of aromatic hydroxyl groups is 2. The average Bonchev–Trinajstić information content (AvgIpc) is 2.39. The largest absolute Gasteiger partial charge is 0.504 e. The van der Waals surface area contributed by atoms with E-state index in [1.165, 1.54) is 24.0 Å². The lowest BCUT2D eigenvalue weighted by Gasteiger charge is -2.31. The molecule has 7 nitrogen and oxygen atoms in total. The normalized spacial score (nSPS) is 12.3. The van der Waals surface area contributed by atoms with Crippen molar-refractivity contribution < 1.29 is 24.8 Å². The summed E-state index contributed by atoms with van der Waals surface area (Å²) in [5.74, 6) is -2.94. The van der Waals surface area contributed by atoms with E-state index < -0.39 is 17.3 Å². The van der Waals surface area contributed by atoms with Gasteiger partial charge in [0.1, 0.15) is 5.58 Å². The molecule has 1 heterocycles. The Morgan fingerprint density at radius 3 is 2.45 bits per heavy atom. The molecule has 22 heavy (non-hydrogen) atoms. The molecule has 1 aromatic heterocycles. The van der Waals surface area contributed by atoms with Crippen molar-refractivity contribution in [2.24, 2.45) is 0 Å². The monoisotopic (exact) mass is 309 g/mol. The van der Waals surface area contributed by atoms with Crippen molar-refractivity contribution in [3.05, 3.63) is 33.7 Å². The second-order valence-corrected chi connectivity index (χ2v) is 5.33. The number of fused-ring (bicyclic) bond motifs is 1. The number of benzene rings is 1. The predicted octanol–water partition coefficient (Wildman–Crippen LogP) is 0.993. The lowest BCUT2D eigenvalue weighted by Crippen LogP contribution is -2.45. The molecule has 0 spiro atoms. The van der Waals surface area contributed by atoms with Gasteiger partial charge in [0.15, 0.2) is 11.5 Å². The minimum Gasteiger partial charge on any atom is -0.504 e. The number of hydrogen-bond acceptors (Lipinski definition) is 7. The molecule has 2 aromatic rings. The summed E-state index contributed by atoms with van der Waals surface area (Å²) in [6.07, 6.45) is 0. The maximum atomic E-state index is 11.6. The van der Waals surface area contributed by atoms with E-state index in [9.17, 15) is 25.2 Å². The maximum absolute atomic E-state index is 11.6. The molecule has 120 valence electrons. The van der Waals surface area contributed by atoms with Crippen molar-refractivity contribution in [1.29, 1.82) is 0 Å². The summed E-state index contributed by atoms with van der Waals surface area (Å²) in [5, 5.41) is 39.9. The number of phenols is 2. The molecular weight excluding hydrogens is 290 g/mol. The molecule has 0 aliphatic heterocycles. The van der Waals surface area contributed by atoms with Gasteiger partial charge in [-0.1, -0.05) is 6.92 Å². The van der Waals surface area contributed by atoms with Crippen molar-refractivity contribution in [2.75, 3.05) is 6.54 Å². The Morgan fingerprint density at radius 1 is 1.27 bits per heavy atom. The van der Waals surface area contributed by atoms with E-state index in [1.807, 2.05) is 0 Å². The van der Waals surface area contributed by atoms with Gasteiger partial charge in [0, 0.05) is 31.5 Å². The lowest BCUT2D eigenvalue weighted by atomic mass is 10.0. The van der Waals surface area contributed by atoms with E-state index in [0.717, 1.165) is 0 Å². The first-order valence-electron chi connectivity index (χ1n) is 6.83. The van der Waals surface area contributed by atoms with Gasteiger partial charge in [0.2, 0.25) is 5.91 Å². The SMILES string of the molecule is CCN(Cc1c(O)c(O)cc2c(C)cc(=O)oc12)C(C)(O)O. The van der Waals surface area contributed by atoms with Gasteiger partial charge in [0.25, 0.3) is 0 Å². The van der Waals surface area contributed by atoms with Crippen molar-refractivity contribution >= 4 is 11.0 Å². The van der Waals surface area contributed by atoms with Crippen molar-refractivity contribution in [2.45, 2.75) is 33.2 Å². The minimum atomic E-state index is -2.12. The summed E-state index contributed by atoms with van der Waals surface area (Å²) < 4.78 is 5.15. The van der Waals surface area contributed by atoms with E-state index >= 15 is 0 Å². The quantitative estimate of drug-likeness (QED) is 0.378. The van der Waals surface area contributed by atoms with Crippen molar-refractivity contribution in [3.8, 4) is 11.5 Å². The third kappa shape index (κ3) is 2.92. The van der Waals surface area contributed by atoms with Crippen LogP contribution >= 0.6 is 0 Å². The summed E-state index contributed by atoms with van der Waals surface area (Å²) in [6.45, 7) is 4.70. The van der Waals surface area contributed by atoms with E-state index in [0.29, 0.717) is 10.9 Å². The predicted molar refractivity (Wildman–Crippen MR) is 79.5 cm³/mol. The maximum Gasteiger partial charge on any atom is 0.336 e. The van der Waals surface area contributed by atoms with Gasteiger partial charge < -0.3 is 24.8 Å². The first-order valence-corrected chi connectivity index (χ1v) is 6.83. The number of aryl methyl sites for hydroxylation is 1. The Morgan fingerprint density at radius 2 is 1.91 bits per heavy atom. The molecule has 4 N–H and O–H groups in total. The van der Waals surface area contributed by atoms with Crippen molar-refractivity contribution in [3.63, 3.8) is 0 Å². The molecule has 0 radical (unpaired) electrons. The summed E-state index contributed by atoms with van der Waals surface area (Å²) in [4.78, 5) is 12.8. The van der Waals surface area contributed by atoms with Gasteiger partial charge in [-0.2, -0.15) is 0 Å². The number of phenolic OH excluding ortho intramolecular Hbond substituents is 2. The Kier molecular flexibility index (Phi) is 4.15. The molecular formula is C15H19NO6. The van der Waals surface area contributed by atoms with Crippen LogP contribution in [-0.2, 0) is 6.54 Å². The van der Waals surface area contributed by atoms with Crippen LogP contribution in [-0.4, -0.2) is 37.8 Å². The van der Waals surface area contributed by atoms with Crippen LogP contribution in [0.4, 0.5) is 0 Å². The zero-order valence-corrected chi connectivity index (χ0v) is 12.6. The standard InChI is InChI=1S/C15H19NO6/c1-4-16(15(3,20)21)7-10-13(19)11(17)6-9-8(2)5-12(18)22-14(9)10/h5-6,17,19-21H,4,7H2,1-3H3. The Labute approximate surface area is 126 Å². The van der Waals surface area contributed by atoms with Crippen LogP contribution in [0, 0.1) is 6.92 Å². The molecule has 0 aliphatic rings. The van der Waals surface area contributed by atoms with Gasteiger partial charge in [-0.05, 0) is 18.6 Å². The third-order valence-electron chi connectivity index (χ3n) is 3.62. The molecule has 1 aromatic carbocycles. The summed E-state index contributed by atoms with van der Waals surface area (Å²) in [7, 11) is 0. The first-order chi connectivity index (χ1) is 10.1.